The van der Waals surface area contributed by atoms with Crippen molar-refractivity contribution in [3.05, 3.63) is 22.5 Å². The van der Waals surface area contributed by atoms with Crippen LogP contribution in [0.3, 0.4) is 0 Å². The molecule has 1 fully saturated rings. The summed E-state index contributed by atoms with van der Waals surface area (Å²) >= 11 is 0. The Labute approximate surface area is 326 Å². The molecule has 2 heterocycles. The van der Waals surface area contributed by atoms with Gasteiger partial charge in [-0.2, -0.15) is 4.98 Å². The molecule has 1 aromatic heterocycles. The van der Waals surface area contributed by atoms with E-state index < -0.39 is 64.6 Å². The number of ether oxygens (including phenoxy) is 2. The van der Waals surface area contributed by atoms with E-state index >= 15 is 4.39 Å². The van der Waals surface area contributed by atoms with Crippen molar-refractivity contribution in [2.24, 2.45) is 11.3 Å². The maximum atomic E-state index is 15.2. The van der Waals surface area contributed by atoms with Crippen LogP contribution in [0, 0.1) is 17.2 Å². The van der Waals surface area contributed by atoms with Gasteiger partial charge in [0.2, 0.25) is 0 Å². The number of rotatable bonds is 7. The van der Waals surface area contributed by atoms with E-state index in [0.717, 1.165) is 17.7 Å². The molecule has 0 spiro atoms. The first-order valence-electron chi connectivity index (χ1n) is 17.2. The minimum Gasteiger partial charge on any atom is -0.446 e. The van der Waals surface area contributed by atoms with Gasteiger partial charge >= 0.3 is 11.8 Å². The van der Waals surface area contributed by atoms with Crippen molar-refractivity contribution in [1.29, 1.82) is 0 Å². The first kappa shape index (κ1) is 20.2. The van der Waals surface area contributed by atoms with E-state index in [1.807, 2.05) is 6.92 Å². The molecule has 34 heavy (non-hydrogen) atoms. The largest absolute Gasteiger partial charge is 0.446 e. The predicted octanol–water partition coefficient (Wildman–Crippen LogP) is 22.8. The number of aliphatic hydroxyl groups is 2. The number of carbonyl (C=O) groups excluding carboxylic acids is 1. The Morgan fingerprint density at radius 3 is 2.62 bits per heavy atom. The van der Waals surface area contributed by atoms with Gasteiger partial charge in [-0.05, 0) is 38.5 Å². The highest BCUT2D eigenvalue weighted by atomic mass is 19.1. The number of hydrogen-bond acceptors (Lipinski definition) is 7. The Bertz CT molecular complexity index is 1090. The zero-order chi connectivity index (χ0) is 37.1. The molecule has 10 heteroatoms. The second-order valence-corrected chi connectivity index (χ2v) is 10.8. The molecule has 2 N–H and O–H groups in total. The van der Waals surface area contributed by atoms with Gasteiger partial charge in [-0.15, -0.1) is 0 Å². The van der Waals surface area contributed by atoms with E-state index in [9.17, 15) is 19.8 Å². The van der Waals surface area contributed by atoms with Gasteiger partial charge in [0.15, 0.2) is 17.9 Å². The van der Waals surface area contributed by atoms with E-state index in [0.29, 0.717) is 16.9 Å². The molecule has 350 valence electrons. The maximum Gasteiger partial charge on any atom is 0.415 e. The normalized spacial score (nSPS) is 30.6. The van der Waals surface area contributed by atoms with Gasteiger partial charge in [0.05, 0.1) is 7.54 Å². The number of hydrogen-bond donors (Lipinski definition) is 2. The van der Waals surface area contributed by atoms with E-state index in [1.54, 1.807) is 34.6 Å². The number of nitrogens with zero attached hydrogens (tertiary/aromatic N) is 3. The maximum absolute atomic E-state index is 15.2. The van der Waals surface area contributed by atoms with Gasteiger partial charge in [-0.1, -0.05) is 47.5 Å². The van der Waals surface area contributed by atoms with Crippen LogP contribution < -0.4 is 10.6 Å². The molecule has 1 saturated heterocycles. The van der Waals surface area contributed by atoms with Crippen molar-refractivity contribution < 1.29 is 149 Å². The average Bonchev–Trinajstić information content (AvgIpc) is 3.20. The van der Waals surface area contributed by atoms with E-state index in [1.165, 1.54) is 14.0 Å². The second-order valence-electron chi connectivity index (χ2n) is 10.8. The molecule has 0 saturated carbocycles. The summed E-state index contributed by atoms with van der Waals surface area (Å²) in [6.07, 6.45) is -2.92. The minimum absolute atomic E-state index is 0. The molecular formula is C24H196FN3O6. The molecule has 6 atom stereocenters. The quantitative estimate of drug-likeness (QED) is 0.301. The fourth-order valence-electron chi connectivity index (χ4n) is 4.47. The monoisotopic (exact) mass is 654 g/mol. The van der Waals surface area contributed by atoms with Gasteiger partial charge in [0, 0.05) is 126 Å². The molecule has 1 aliphatic heterocycles. The first-order valence-corrected chi connectivity index (χ1v) is 11.7. The lowest BCUT2D eigenvalue weighted by Crippen LogP contribution is -2.59. The topological polar surface area (TPSA) is 114 Å². The molecule has 2 rings (SSSR count). The zero-order valence-electron chi connectivity index (χ0n) is 32.7. The number of aliphatic hydroxyl groups excluding tert-OH is 1. The van der Waals surface area contributed by atoms with Gasteiger partial charge in [0.1, 0.15) is 23.4 Å². The summed E-state index contributed by atoms with van der Waals surface area (Å²) in [5, 5.41) is 21.9. The van der Waals surface area contributed by atoms with Gasteiger partial charge in [-0.3, -0.25) is 9.47 Å². The van der Waals surface area contributed by atoms with Crippen LogP contribution >= 0.6 is 0 Å². The van der Waals surface area contributed by atoms with Crippen molar-refractivity contribution in [3.8, 4) is 0 Å². The summed E-state index contributed by atoms with van der Waals surface area (Å²) in [7, 11) is 1.20. The van der Waals surface area contributed by atoms with Gasteiger partial charge in [-0.25, -0.2) is 14.0 Å². The predicted molar refractivity (Wildman–Crippen MR) is 291 cm³/mol. The lowest BCUT2D eigenvalue weighted by Gasteiger charge is -2.45. The Morgan fingerprint density at radius 2 is 2.12 bits per heavy atom. The lowest BCUT2D eigenvalue weighted by atomic mass is 9.67. The SMILES string of the molecule is [2H][2H].[2H][2H].[2H][2H].[2H][2H].[2H][2H].[2H]c1c(F)c(N(C)C(=O)OC(C)CC(C)CCC)nc(=O)n1[C@@H]1O[C@](C)(C(C)(C)C)[C@@](C)(O)[C@H]1O.[HH].[HH].[HH].[HH].[HH].[HH].[HH].[HH].[HH].[HH].[HH].[HH].[HH].[HH].[HH].[HH].[HH].[HH].[HH].[HH].[HH].[HH].[HH].[HH].[HH].[HH].[HH].[HH].[HH].[HH].[HH].[HH].[HH].[HH].[HH].[HH].[HH].[HH].[HH].[HH].[HH].[HH].[HH].[HH].[HH].[HH].[HH].[HH].[HH].[HH].[HH].[HH].[HH].[HH].[HH].[HH].[HH].[HH].[HH].[HH].[HH].[HH].[HH].[HH].[HH].[HH].[HH].[HH].[HH].[HH].[HH].[HH].[HH]. The highest BCUT2D eigenvalue weighted by molar-refractivity contribution is 5.85. The Balaban J connectivity index is -0.00000000261. The van der Waals surface area contributed by atoms with E-state index in [-0.39, 0.29) is 104 Å². The fraction of sp³-hybridized carbons (Fsp3) is 0.792. The molecule has 1 aliphatic rings. The number of anilines is 1. The fourth-order valence-corrected chi connectivity index (χ4v) is 4.47. The molecule has 2 unspecified atom stereocenters. The third kappa shape index (κ3) is 5.13. The van der Waals surface area contributed by atoms with E-state index in [4.69, 9.17) is 25.7 Å². The Hall–Kier alpha value is -2.04. The van der Waals surface area contributed by atoms with Gasteiger partial charge in [0.25, 0.3) is 0 Å². The van der Waals surface area contributed by atoms with Crippen LogP contribution in [0.5, 0.6) is 0 Å². The molecule has 0 bridgehead atoms. The Kier molecular flexibility index (Phi) is 5.88. The van der Waals surface area contributed by atoms with Crippen LogP contribution in [0.1, 0.15) is 201 Å². The molecule has 9 nitrogen and oxygen atoms in total. The van der Waals surface area contributed by atoms with Crippen LogP contribution in [0.2, 0.25) is 0 Å². The Morgan fingerprint density at radius 1 is 1.53 bits per heavy atom. The van der Waals surface area contributed by atoms with Gasteiger partial charge < -0.3 is 19.7 Å². The van der Waals surface area contributed by atoms with Crippen molar-refractivity contribution in [2.45, 2.75) is 104 Å². The minimum atomic E-state index is -1.83. The molecule has 0 aromatic carbocycles. The summed E-state index contributed by atoms with van der Waals surface area (Å²) in [4.78, 5) is 29.9. The molecule has 1 amide bonds. The number of carbonyl (C=O) groups is 1. The van der Waals surface area contributed by atoms with Crippen LogP contribution in [-0.4, -0.2) is 56.3 Å². The first-order chi connectivity index (χ1) is 20.9. The molecule has 0 aliphatic carbocycles. The smallest absolute Gasteiger partial charge is 0.415 e. The number of aromatic nitrogens is 2. The van der Waals surface area contributed by atoms with Crippen LogP contribution in [-0.2, 0) is 9.47 Å². The third-order valence-electron chi connectivity index (χ3n) is 7.09. The third-order valence-corrected chi connectivity index (χ3v) is 7.09. The summed E-state index contributed by atoms with van der Waals surface area (Å²) < 4.78 is 85.3. The van der Waals surface area contributed by atoms with Crippen molar-refractivity contribution in [1.82, 2.24) is 9.55 Å². The summed E-state index contributed by atoms with van der Waals surface area (Å²) in [6.45, 7) is 14.1. The lowest BCUT2D eigenvalue weighted by molar-refractivity contribution is -0.183. The van der Waals surface area contributed by atoms with Crippen molar-refractivity contribution in [3.63, 3.8) is 0 Å². The van der Waals surface area contributed by atoms with Crippen LogP contribution in [0.25, 0.3) is 0 Å². The standard InChI is InChI=1S/C24H40FN3O6.78H2/c1-10-11-14(2)12-15(3)33-21(31)27(9)18-16(25)13-28(20(30)26-18)19-17(29)23(7,32)24(8,34-19)22(4,5)6;;;;;;;;;;;;;;;;;;;;;;;;;;;;;;;;;;;;;;;;;;;;;;;;;;;;;;;;;;;;;;;;;;;;;;;;;;;;;;/h13-15,17,19,29,32H,10-12H2,1-9H3;78*1H/t14?,15?,17-,19+,23-,24+;;;;;;;;;;;;;;;;;;;;;;;;;;;;;;;;;;;;;;;;;;;;;;;;;;;;;;;;;;;;;;;;;;;;;;;;;;;;;;/m0............................................................................../s1/i13D;5*1+1D;;;;;;;;;;;;;;;;;;;;;;;;;;;;;;;;;;;;;;;;;;;;;;;;;;;;;;;;;;;;;;;;;;;;;;;;;. The molecule has 0 radical (unpaired) electrons. The summed E-state index contributed by atoms with van der Waals surface area (Å²) in [6, 6.07) is 0. The summed E-state index contributed by atoms with van der Waals surface area (Å²) in [5.74, 6) is -1.61. The van der Waals surface area contributed by atoms with E-state index in [2.05, 4.69) is 11.9 Å². The summed E-state index contributed by atoms with van der Waals surface area (Å²) in [5.41, 5.74) is -4.99. The highest BCUT2D eigenvalue weighted by Crippen LogP contribution is 2.52. The van der Waals surface area contributed by atoms with Crippen molar-refractivity contribution >= 4 is 11.9 Å². The van der Waals surface area contributed by atoms with Crippen molar-refractivity contribution in [2.75, 3.05) is 11.9 Å². The molecule has 1 aromatic rings. The highest BCUT2D eigenvalue weighted by Gasteiger charge is 2.65. The number of amides is 1. The van der Waals surface area contributed by atoms with Crippen LogP contribution in [0.15, 0.2) is 11.0 Å². The average molecular weight is 654 g/mol. The second kappa shape index (κ2) is 9.91. The number of halogens is 1. The zero-order valence-corrected chi connectivity index (χ0v) is 21.7. The van der Waals surface area contributed by atoms with Crippen LogP contribution in [0.4, 0.5) is 15.0 Å². The molecular weight excluding hydrogens is 445 g/mol.